The summed E-state index contributed by atoms with van der Waals surface area (Å²) >= 11 is 0. The maximum Gasteiger partial charge on any atom is 0.225 e. The summed E-state index contributed by atoms with van der Waals surface area (Å²) in [7, 11) is 1.76. The number of carbonyl (C=O) groups is 1. The van der Waals surface area contributed by atoms with Gasteiger partial charge in [0.2, 0.25) is 5.91 Å². The van der Waals surface area contributed by atoms with E-state index in [1.54, 1.807) is 7.11 Å². The lowest BCUT2D eigenvalue weighted by molar-refractivity contribution is -0.140. The highest BCUT2D eigenvalue weighted by atomic mass is 16.6. The average molecular weight is 267 g/mol. The second-order valence-corrected chi connectivity index (χ2v) is 6.36. The maximum absolute atomic E-state index is 12.4. The summed E-state index contributed by atoms with van der Waals surface area (Å²) in [5, 5.41) is 0. The Morgan fingerprint density at radius 1 is 1.26 bits per heavy atom. The fourth-order valence-electron chi connectivity index (χ4n) is 3.87. The summed E-state index contributed by atoms with van der Waals surface area (Å²) in [5.74, 6) is 0.707. The number of piperidine rings is 1. The quantitative estimate of drug-likeness (QED) is 0.768. The SMILES string of the molecule is COC1COC2(CCN(C(=O)C3CCCC3)CC2)C1. The van der Waals surface area contributed by atoms with Crippen LogP contribution in [0.3, 0.4) is 0 Å². The van der Waals surface area contributed by atoms with Gasteiger partial charge in [0, 0.05) is 32.5 Å². The first-order valence-electron chi connectivity index (χ1n) is 7.68. The van der Waals surface area contributed by atoms with Crippen molar-refractivity contribution >= 4 is 5.91 Å². The summed E-state index contributed by atoms with van der Waals surface area (Å²) in [5.41, 5.74) is -0.00681. The lowest BCUT2D eigenvalue weighted by Crippen LogP contribution is -2.48. The monoisotopic (exact) mass is 267 g/mol. The van der Waals surface area contributed by atoms with E-state index in [9.17, 15) is 4.79 Å². The van der Waals surface area contributed by atoms with Crippen LogP contribution in [0.5, 0.6) is 0 Å². The van der Waals surface area contributed by atoms with Gasteiger partial charge in [-0.2, -0.15) is 0 Å². The summed E-state index contributed by atoms with van der Waals surface area (Å²) in [6.07, 6.45) is 7.86. The first-order valence-corrected chi connectivity index (χ1v) is 7.68. The van der Waals surface area contributed by atoms with Crippen molar-refractivity contribution in [1.29, 1.82) is 0 Å². The van der Waals surface area contributed by atoms with E-state index >= 15 is 0 Å². The van der Waals surface area contributed by atoms with E-state index in [1.807, 2.05) is 0 Å². The summed E-state index contributed by atoms with van der Waals surface area (Å²) in [6, 6.07) is 0. The van der Waals surface area contributed by atoms with Crippen LogP contribution in [0.2, 0.25) is 0 Å². The summed E-state index contributed by atoms with van der Waals surface area (Å²) < 4.78 is 11.4. The Kier molecular flexibility index (Phi) is 3.81. The normalized spacial score (nSPS) is 31.2. The molecule has 1 aliphatic carbocycles. The van der Waals surface area contributed by atoms with Gasteiger partial charge in [-0.05, 0) is 25.7 Å². The molecule has 4 heteroatoms. The summed E-state index contributed by atoms with van der Waals surface area (Å²) in [4.78, 5) is 14.5. The molecule has 3 aliphatic rings. The topological polar surface area (TPSA) is 38.8 Å². The molecule has 1 atom stereocenters. The van der Waals surface area contributed by atoms with E-state index in [2.05, 4.69) is 4.90 Å². The zero-order valence-electron chi connectivity index (χ0n) is 11.9. The van der Waals surface area contributed by atoms with Crippen LogP contribution in [0.15, 0.2) is 0 Å². The first kappa shape index (κ1) is 13.4. The van der Waals surface area contributed by atoms with E-state index in [0.29, 0.717) is 18.4 Å². The number of hydrogen-bond donors (Lipinski definition) is 0. The fourth-order valence-corrected chi connectivity index (χ4v) is 3.87. The minimum Gasteiger partial charge on any atom is -0.379 e. The predicted octanol–water partition coefficient (Wildman–Crippen LogP) is 1.97. The lowest BCUT2D eigenvalue weighted by Gasteiger charge is -2.39. The molecule has 3 fully saturated rings. The van der Waals surface area contributed by atoms with Crippen LogP contribution < -0.4 is 0 Å². The van der Waals surface area contributed by atoms with Crippen molar-refractivity contribution in [2.24, 2.45) is 5.92 Å². The zero-order chi connectivity index (χ0) is 13.3. The third-order valence-corrected chi connectivity index (χ3v) is 5.20. The Bertz CT molecular complexity index is 330. The molecule has 1 unspecified atom stereocenters. The molecule has 2 saturated heterocycles. The molecule has 0 aromatic heterocycles. The Morgan fingerprint density at radius 2 is 1.95 bits per heavy atom. The molecular weight excluding hydrogens is 242 g/mol. The largest absolute Gasteiger partial charge is 0.379 e. The van der Waals surface area contributed by atoms with Crippen LogP contribution in [0.4, 0.5) is 0 Å². The number of methoxy groups -OCH3 is 1. The highest BCUT2D eigenvalue weighted by Crippen LogP contribution is 2.37. The van der Waals surface area contributed by atoms with Crippen molar-refractivity contribution in [1.82, 2.24) is 4.90 Å². The molecule has 19 heavy (non-hydrogen) atoms. The van der Waals surface area contributed by atoms with Crippen molar-refractivity contribution in [2.75, 3.05) is 26.8 Å². The van der Waals surface area contributed by atoms with Gasteiger partial charge in [-0.25, -0.2) is 0 Å². The van der Waals surface area contributed by atoms with E-state index in [1.165, 1.54) is 12.8 Å². The second-order valence-electron chi connectivity index (χ2n) is 6.36. The number of likely N-dealkylation sites (tertiary alicyclic amines) is 1. The molecule has 0 radical (unpaired) electrons. The fraction of sp³-hybridized carbons (Fsp3) is 0.933. The number of amides is 1. The van der Waals surface area contributed by atoms with E-state index in [4.69, 9.17) is 9.47 Å². The van der Waals surface area contributed by atoms with Crippen molar-refractivity contribution in [3.05, 3.63) is 0 Å². The Morgan fingerprint density at radius 3 is 2.53 bits per heavy atom. The predicted molar refractivity (Wildman–Crippen MR) is 71.9 cm³/mol. The van der Waals surface area contributed by atoms with E-state index in [0.717, 1.165) is 45.2 Å². The van der Waals surface area contributed by atoms with Crippen molar-refractivity contribution in [3.63, 3.8) is 0 Å². The highest BCUT2D eigenvalue weighted by Gasteiger charge is 2.44. The van der Waals surface area contributed by atoms with Crippen LogP contribution >= 0.6 is 0 Å². The number of hydrogen-bond acceptors (Lipinski definition) is 3. The molecule has 4 nitrogen and oxygen atoms in total. The van der Waals surface area contributed by atoms with Gasteiger partial charge in [-0.1, -0.05) is 12.8 Å². The van der Waals surface area contributed by atoms with Crippen LogP contribution in [0, 0.1) is 5.92 Å². The summed E-state index contributed by atoms with van der Waals surface area (Å²) in [6.45, 7) is 2.45. The van der Waals surface area contributed by atoms with Crippen LogP contribution in [0.1, 0.15) is 44.9 Å². The standard InChI is InChI=1S/C15H25NO3/c1-18-13-10-15(19-11-13)6-8-16(9-7-15)14(17)12-4-2-3-5-12/h12-13H,2-11H2,1H3. The van der Waals surface area contributed by atoms with Crippen molar-refractivity contribution in [3.8, 4) is 0 Å². The van der Waals surface area contributed by atoms with Crippen molar-refractivity contribution in [2.45, 2.75) is 56.7 Å². The Hall–Kier alpha value is -0.610. The molecule has 0 aromatic carbocycles. The van der Waals surface area contributed by atoms with Crippen molar-refractivity contribution < 1.29 is 14.3 Å². The van der Waals surface area contributed by atoms with Crippen LogP contribution in [-0.4, -0.2) is 49.3 Å². The molecule has 2 aliphatic heterocycles. The number of carbonyl (C=O) groups excluding carboxylic acids is 1. The van der Waals surface area contributed by atoms with Gasteiger partial charge in [0.15, 0.2) is 0 Å². The number of rotatable bonds is 2. The van der Waals surface area contributed by atoms with Gasteiger partial charge in [0.1, 0.15) is 0 Å². The van der Waals surface area contributed by atoms with Gasteiger partial charge >= 0.3 is 0 Å². The van der Waals surface area contributed by atoms with Crippen LogP contribution in [-0.2, 0) is 14.3 Å². The molecule has 1 amide bonds. The molecule has 0 bridgehead atoms. The van der Waals surface area contributed by atoms with Gasteiger partial charge in [0.25, 0.3) is 0 Å². The maximum atomic E-state index is 12.4. The Labute approximate surface area is 115 Å². The average Bonchev–Trinajstić information content (AvgIpc) is 3.09. The number of nitrogens with zero attached hydrogens (tertiary/aromatic N) is 1. The third kappa shape index (κ3) is 2.65. The second kappa shape index (κ2) is 5.41. The molecule has 3 rings (SSSR count). The molecular formula is C15H25NO3. The minimum absolute atomic E-state index is 0.00681. The van der Waals surface area contributed by atoms with E-state index in [-0.39, 0.29) is 11.7 Å². The van der Waals surface area contributed by atoms with E-state index < -0.39 is 0 Å². The van der Waals surface area contributed by atoms with Gasteiger partial charge < -0.3 is 14.4 Å². The molecule has 0 N–H and O–H groups in total. The molecule has 0 aromatic rings. The Balaban J connectivity index is 1.53. The van der Waals surface area contributed by atoms with Gasteiger partial charge in [0.05, 0.1) is 18.3 Å². The third-order valence-electron chi connectivity index (χ3n) is 5.20. The number of ether oxygens (including phenoxy) is 2. The zero-order valence-corrected chi connectivity index (χ0v) is 11.9. The van der Waals surface area contributed by atoms with Gasteiger partial charge in [-0.15, -0.1) is 0 Å². The molecule has 1 saturated carbocycles. The molecule has 108 valence electrons. The highest BCUT2D eigenvalue weighted by molar-refractivity contribution is 5.79. The first-order chi connectivity index (χ1) is 9.22. The van der Waals surface area contributed by atoms with Gasteiger partial charge in [-0.3, -0.25) is 4.79 Å². The molecule has 2 heterocycles. The minimum atomic E-state index is -0.00681. The lowest BCUT2D eigenvalue weighted by atomic mass is 9.87. The smallest absolute Gasteiger partial charge is 0.225 e. The molecule has 1 spiro atoms. The van der Waals surface area contributed by atoms with Crippen LogP contribution in [0.25, 0.3) is 0 Å².